The number of hydrogen-bond donors (Lipinski definition) is 0. The summed E-state index contributed by atoms with van der Waals surface area (Å²) in [6.07, 6.45) is 2.64. The topological polar surface area (TPSA) is 73.9 Å². The van der Waals surface area contributed by atoms with Crippen LogP contribution in [-0.2, 0) is 11.8 Å². The van der Waals surface area contributed by atoms with Gasteiger partial charge in [-0.3, -0.25) is 0 Å². The molecule has 1 saturated heterocycles. The van der Waals surface area contributed by atoms with E-state index in [1.807, 2.05) is 30.6 Å². The molecule has 7 heteroatoms. The highest BCUT2D eigenvalue weighted by atomic mass is 15.4. The Bertz CT molecular complexity index is 1570. The van der Waals surface area contributed by atoms with Gasteiger partial charge in [0.2, 0.25) is 5.95 Å². The van der Waals surface area contributed by atoms with Crippen LogP contribution in [-0.4, -0.2) is 44.7 Å². The summed E-state index contributed by atoms with van der Waals surface area (Å²) in [4.78, 5) is 19.7. The van der Waals surface area contributed by atoms with Gasteiger partial charge >= 0.3 is 0 Å². The fourth-order valence-corrected chi connectivity index (χ4v) is 5.69. The lowest BCUT2D eigenvalue weighted by Gasteiger charge is -2.48. The van der Waals surface area contributed by atoms with Gasteiger partial charge in [-0.15, -0.1) is 0 Å². The number of nitrogens with zero attached hydrogens (tertiary/aromatic N) is 7. The van der Waals surface area contributed by atoms with E-state index < -0.39 is 0 Å². The number of hydrogen-bond acceptors (Lipinski definition) is 6. The van der Waals surface area contributed by atoms with Gasteiger partial charge in [0.15, 0.2) is 5.65 Å². The number of anilines is 2. The molecule has 2 aromatic heterocycles. The first-order chi connectivity index (χ1) is 18.9. The highest BCUT2D eigenvalue weighted by molar-refractivity contribution is 5.76. The Morgan fingerprint density at radius 1 is 1.02 bits per heavy atom. The molecule has 0 unspecified atom stereocenters. The predicted octanol–water partition coefficient (Wildman–Crippen LogP) is 6.58. The lowest BCUT2D eigenvalue weighted by Crippen LogP contribution is -2.60. The van der Waals surface area contributed by atoms with Crippen LogP contribution in [0, 0.1) is 18.3 Å². The molecule has 0 amide bonds. The van der Waals surface area contributed by atoms with Gasteiger partial charge in [0.1, 0.15) is 5.52 Å². The number of aryl methyl sites for hydroxylation is 1. The van der Waals surface area contributed by atoms with Crippen LogP contribution < -0.4 is 9.80 Å². The van der Waals surface area contributed by atoms with E-state index in [-0.39, 0.29) is 17.0 Å². The second kappa shape index (κ2) is 10.2. The second-order valence-electron chi connectivity index (χ2n) is 13.0. The molecule has 1 aliphatic rings. The molecule has 0 aliphatic carbocycles. The molecule has 3 heterocycles. The van der Waals surface area contributed by atoms with Crippen LogP contribution in [0.25, 0.3) is 11.2 Å². The summed E-state index contributed by atoms with van der Waals surface area (Å²) in [5, 5.41) is 9.20. The average molecular weight is 536 g/mol. The lowest BCUT2D eigenvalue weighted by atomic mass is 9.84. The van der Waals surface area contributed by atoms with E-state index in [1.54, 1.807) is 0 Å². The zero-order chi connectivity index (χ0) is 28.8. The predicted molar refractivity (Wildman–Crippen MR) is 163 cm³/mol. The minimum absolute atomic E-state index is 0.0779. The van der Waals surface area contributed by atoms with E-state index in [0.717, 1.165) is 54.5 Å². The largest absolute Gasteiger partial charge is 0.363 e. The molecular formula is C33H41N7. The van der Waals surface area contributed by atoms with Crippen LogP contribution in [0.2, 0.25) is 0 Å². The summed E-state index contributed by atoms with van der Waals surface area (Å²) >= 11 is 0. The van der Waals surface area contributed by atoms with Gasteiger partial charge in [0.25, 0.3) is 0 Å². The monoisotopic (exact) mass is 535 g/mol. The Hall–Kier alpha value is -3.92. The molecule has 1 fully saturated rings. The first-order valence-electron chi connectivity index (χ1n) is 14.2. The third-order valence-electron chi connectivity index (χ3n) is 8.11. The average Bonchev–Trinajstić information content (AvgIpc) is 3.34. The maximum absolute atomic E-state index is 9.20. The molecule has 4 aromatic rings. The third kappa shape index (κ3) is 5.28. The SMILES string of the molecule is Cc1ccc(C(C)(C)C)cc1Cc1nc(N2CCN(c3ccc(C#N)cc3)C(C)(C)C2)nc2ncn(C(C)C)c12. The smallest absolute Gasteiger partial charge is 0.227 e. The summed E-state index contributed by atoms with van der Waals surface area (Å²) in [6.45, 7) is 20.2. The van der Waals surface area contributed by atoms with Crippen molar-refractivity contribution in [1.29, 1.82) is 5.26 Å². The minimum atomic E-state index is -0.153. The zero-order valence-corrected chi connectivity index (χ0v) is 25.2. The van der Waals surface area contributed by atoms with Crippen molar-refractivity contribution >= 4 is 22.8 Å². The summed E-state index contributed by atoms with van der Waals surface area (Å²) in [6, 6.07) is 17.2. The van der Waals surface area contributed by atoms with E-state index in [9.17, 15) is 5.26 Å². The molecule has 0 saturated carbocycles. The van der Waals surface area contributed by atoms with Gasteiger partial charge in [-0.1, -0.05) is 39.0 Å². The molecule has 0 spiro atoms. The molecule has 0 bridgehead atoms. The zero-order valence-electron chi connectivity index (χ0n) is 25.2. The van der Waals surface area contributed by atoms with Gasteiger partial charge in [-0.05, 0) is 81.0 Å². The van der Waals surface area contributed by atoms with Gasteiger partial charge in [0, 0.05) is 37.8 Å². The molecule has 0 radical (unpaired) electrons. The van der Waals surface area contributed by atoms with Crippen LogP contribution in [0.15, 0.2) is 48.8 Å². The fourth-order valence-electron chi connectivity index (χ4n) is 5.69. The molecule has 7 nitrogen and oxygen atoms in total. The van der Waals surface area contributed by atoms with E-state index >= 15 is 0 Å². The highest BCUT2D eigenvalue weighted by Gasteiger charge is 2.35. The van der Waals surface area contributed by atoms with E-state index in [1.165, 1.54) is 16.7 Å². The Kier molecular flexibility index (Phi) is 7.08. The number of aromatic nitrogens is 4. The van der Waals surface area contributed by atoms with E-state index in [0.29, 0.717) is 5.56 Å². The van der Waals surface area contributed by atoms with Crippen molar-refractivity contribution in [2.75, 3.05) is 29.4 Å². The van der Waals surface area contributed by atoms with Gasteiger partial charge in [-0.2, -0.15) is 10.2 Å². The highest BCUT2D eigenvalue weighted by Crippen LogP contribution is 2.32. The van der Waals surface area contributed by atoms with Crippen LogP contribution in [0.4, 0.5) is 11.6 Å². The van der Waals surface area contributed by atoms with Crippen molar-refractivity contribution in [2.45, 2.75) is 78.8 Å². The van der Waals surface area contributed by atoms with Crippen molar-refractivity contribution in [2.24, 2.45) is 0 Å². The maximum atomic E-state index is 9.20. The first kappa shape index (κ1) is 27.6. The first-order valence-corrected chi connectivity index (χ1v) is 14.2. The van der Waals surface area contributed by atoms with Crippen molar-refractivity contribution in [1.82, 2.24) is 19.5 Å². The lowest BCUT2D eigenvalue weighted by molar-refractivity contribution is 0.411. The van der Waals surface area contributed by atoms with Crippen LogP contribution in [0.1, 0.15) is 82.5 Å². The number of benzene rings is 2. The summed E-state index contributed by atoms with van der Waals surface area (Å²) in [5.41, 5.74) is 8.43. The second-order valence-corrected chi connectivity index (χ2v) is 13.0. The Balaban J connectivity index is 1.52. The molecule has 5 rings (SSSR count). The summed E-state index contributed by atoms with van der Waals surface area (Å²) < 4.78 is 2.20. The van der Waals surface area contributed by atoms with E-state index in [4.69, 9.17) is 15.0 Å². The summed E-state index contributed by atoms with van der Waals surface area (Å²) in [5.74, 6) is 0.744. The standard InChI is InChI=1S/C33H41N7/c1-22(2)39-21-35-30-29(39)28(18-25-17-26(32(4,5)6)12-9-23(25)3)36-31(37-30)38-15-16-40(33(7,8)20-38)27-13-10-24(19-34)11-14-27/h9-14,17,21-22H,15-16,18,20H2,1-8H3. The number of imidazole rings is 1. The molecule has 2 aromatic carbocycles. The van der Waals surface area contributed by atoms with Gasteiger partial charge < -0.3 is 14.4 Å². The number of nitriles is 1. The molecule has 208 valence electrons. The molecule has 1 aliphatic heterocycles. The van der Waals surface area contributed by atoms with Crippen LogP contribution in [0.3, 0.4) is 0 Å². The molecular weight excluding hydrogens is 494 g/mol. The Labute approximate surface area is 238 Å². The minimum Gasteiger partial charge on any atom is -0.363 e. The maximum Gasteiger partial charge on any atom is 0.227 e. The van der Waals surface area contributed by atoms with Crippen molar-refractivity contribution < 1.29 is 0 Å². The normalized spacial score (nSPS) is 15.6. The number of rotatable bonds is 5. The molecule has 40 heavy (non-hydrogen) atoms. The molecule has 0 N–H and O–H groups in total. The quantitative estimate of drug-likeness (QED) is 0.287. The van der Waals surface area contributed by atoms with Crippen molar-refractivity contribution in [3.63, 3.8) is 0 Å². The van der Waals surface area contributed by atoms with Crippen LogP contribution >= 0.6 is 0 Å². The van der Waals surface area contributed by atoms with Crippen molar-refractivity contribution in [3.05, 3.63) is 76.7 Å². The Morgan fingerprint density at radius 3 is 2.38 bits per heavy atom. The third-order valence-corrected chi connectivity index (χ3v) is 8.11. The van der Waals surface area contributed by atoms with Crippen LogP contribution in [0.5, 0.6) is 0 Å². The van der Waals surface area contributed by atoms with Crippen molar-refractivity contribution in [3.8, 4) is 6.07 Å². The molecule has 0 atom stereocenters. The summed E-state index contributed by atoms with van der Waals surface area (Å²) in [7, 11) is 0. The number of piperazine rings is 1. The van der Waals surface area contributed by atoms with E-state index in [2.05, 4.69) is 94.0 Å². The van der Waals surface area contributed by atoms with Gasteiger partial charge in [0.05, 0.1) is 29.2 Å². The van der Waals surface area contributed by atoms with Gasteiger partial charge in [-0.25, -0.2) is 9.97 Å². The fraction of sp³-hybridized carbons (Fsp3) is 0.455. The number of fused-ring (bicyclic) bond motifs is 1. The Morgan fingerprint density at radius 2 is 1.75 bits per heavy atom.